The topological polar surface area (TPSA) is 234 Å². The number of nitrogens with zero attached hydrogens (tertiary/aromatic N) is 3. The van der Waals surface area contributed by atoms with Gasteiger partial charge in [-0.1, -0.05) is 23.2 Å². The molecule has 1 aliphatic heterocycles. The van der Waals surface area contributed by atoms with Crippen molar-refractivity contribution in [3.05, 3.63) is 145 Å². The van der Waals surface area contributed by atoms with Crippen LogP contribution in [-0.4, -0.2) is 78.6 Å². The molecule has 5 heterocycles. The van der Waals surface area contributed by atoms with Gasteiger partial charge in [-0.25, -0.2) is 4.42 Å². The second-order valence-corrected chi connectivity index (χ2v) is 13.6. The van der Waals surface area contributed by atoms with Gasteiger partial charge in [0, 0.05) is 25.2 Å². The highest BCUT2D eigenvalue weighted by Gasteiger charge is 2.51. The smallest absolute Gasteiger partial charge is 0.414 e. The molecule has 0 unspecified atom stereocenters. The number of aryl methyl sites for hydroxylation is 1. The highest BCUT2D eigenvalue weighted by Crippen LogP contribution is 2.33. The summed E-state index contributed by atoms with van der Waals surface area (Å²) in [4.78, 5) is 127. The van der Waals surface area contributed by atoms with E-state index in [0.29, 0.717) is 0 Å². The maximum atomic E-state index is 12.4. The molecule has 0 saturated heterocycles. The molecule has 0 fully saturated rings. The fraction of sp³-hybridized carbons (Fsp3) is 0.143. The molecule has 0 saturated carbocycles. The van der Waals surface area contributed by atoms with E-state index in [1.54, 1.807) is 25.1 Å². The van der Waals surface area contributed by atoms with Gasteiger partial charge >= 0.3 is 17.3 Å². The number of hydrogen-bond acceptors (Lipinski definition) is 14. The molecule has 0 aromatic carbocycles. The van der Waals surface area contributed by atoms with Gasteiger partial charge < -0.3 is 4.42 Å². The summed E-state index contributed by atoms with van der Waals surface area (Å²) >= 11 is 11.2. The predicted octanol–water partition coefficient (Wildman–Crippen LogP) is 5.64. The fourth-order valence-electron chi connectivity index (χ4n) is 6.14. The Hall–Kier alpha value is -7.10. The summed E-state index contributed by atoms with van der Waals surface area (Å²) in [7, 11) is 0. The monoisotopic (exact) mass is 836 g/mol. The highest BCUT2D eigenvalue weighted by atomic mass is 35.5. The van der Waals surface area contributed by atoms with E-state index in [0.717, 1.165) is 0 Å². The van der Waals surface area contributed by atoms with Crippen molar-refractivity contribution in [1.29, 1.82) is 0 Å². The Kier molecular flexibility index (Phi) is 12.5. The number of allylic oxidation sites excluding steroid dienone is 4. The minimum atomic E-state index is -0.508. The number of fused-ring (bicyclic) bond motifs is 5. The number of aromatic nitrogens is 3. The van der Waals surface area contributed by atoms with E-state index in [1.165, 1.54) is 64.5 Å². The normalized spacial score (nSPS) is 14.6. The SMILES string of the molecule is C=C1[O+]=C2C(=O)c3ncccc3C(=O)C2=C1C(C)=O.CC(=O)CC(C)=O.CC(=O)c1c(C)oc2c1C(=O)c1ncccc1C2=O.O=C1C(Cl)=C(Cl)C(=O)c2ncccc21. The summed E-state index contributed by atoms with van der Waals surface area (Å²) in [5.41, 5.74) is 1.06. The Bertz CT molecular complexity index is 2710. The molecule has 4 aromatic rings. The summed E-state index contributed by atoms with van der Waals surface area (Å²) in [5.74, 6) is -3.42. The van der Waals surface area contributed by atoms with Crippen LogP contribution in [0.5, 0.6) is 0 Å². The van der Waals surface area contributed by atoms with Gasteiger partial charge in [-0.05, 0) is 71.0 Å². The number of carbonyl (C=O) groups excluding carboxylic acids is 11. The van der Waals surface area contributed by atoms with E-state index in [1.807, 2.05) is 0 Å². The summed E-state index contributed by atoms with van der Waals surface area (Å²) in [5, 5.41) is -0.500. The molecule has 4 aliphatic rings. The average Bonchev–Trinajstić information content (AvgIpc) is 3.75. The first-order chi connectivity index (χ1) is 27.8. The number of Topliss-reactive ketones (excluding diaryl/α,β-unsaturated/α-hetero) is 8. The zero-order chi connectivity index (χ0) is 43.6. The Balaban J connectivity index is 0.000000157. The maximum Gasteiger partial charge on any atom is 0.414 e. The van der Waals surface area contributed by atoms with Crippen LogP contribution in [0.15, 0.2) is 93.0 Å². The molecule has 296 valence electrons. The minimum absolute atomic E-state index is 0.00278. The van der Waals surface area contributed by atoms with Crippen LogP contribution in [0.25, 0.3) is 0 Å². The van der Waals surface area contributed by atoms with Crippen LogP contribution in [0.3, 0.4) is 0 Å². The molecule has 0 amide bonds. The fourth-order valence-corrected chi connectivity index (χ4v) is 6.50. The molecule has 0 spiro atoms. The summed E-state index contributed by atoms with van der Waals surface area (Å²) in [6.07, 6.45) is 4.37. The van der Waals surface area contributed by atoms with E-state index in [2.05, 4.69) is 21.5 Å². The molecular formula is C42H28Cl2N3O12+. The van der Waals surface area contributed by atoms with Crippen molar-refractivity contribution in [1.82, 2.24) is 15.0 Å². The van der Waals surface area contributed by atoms with Gasteiger partial charge in [0.1, 0.15) is 50.0 Å². The molecule has 59 heavy (non-hydrogen) atoms. The molecule has 17 heteroatoms. The first-order valence-electron chi connectivity index (χ1n) is 17.1. The Morgan fingerprint density at radius 1 is 0.644 bits per heavy atom. The van der Waals surface area contributed by atoms with Crippen molar-refractivity contribution < 1.29 is 56.8 Å². The van der Waals surface area contributed by atoms with Crippen LogP contribution in [0, 0.1) is 6.92 Å². The molecule has 15 nitrogen and oxygen atoms in total. The van der Waals surface area contributed by atoms with Crippen molar-refractivity contribution in [3.63, 3.8) is 0 Å². The average molecular weight is 838 g/mol. The van der Waals surface area contributed by atoms with E-state index in [-0.39, 0.29) is 119 Å². The van der Waals surface area contributed by atoms with Crippen molar-refractivity contribution in [2.45, 2.75) is 41.0 Å². The quantitative estimate of drug-likeness (QED) is 0.0701. The maximum absolute atomic E-state index is 12.4. The van der Waals surface area contributed by atoms with Crippen molar-refractivity contribution in [2.24, 2.45) is 0 Å². The van der Waals surface area contributed by atoms with Crippen molar-refractivity contribution in [3.8, 4) is 0 Å². The van der Waals surface area contributed by atoms with Crippen LogP contribution in [-0.2, 0) is 18.8 Å². The zero-order valence-electron chi connectivity index (χ0n) is 31.6. The lowest BCUT2D eigenvalue weighted by Gasteiger charge is -2.11. The van der Waals surface area contributed by atoms with Crippen LogP contribution in [0.1, 0.15) is 124 Å². The van der Waals surface area contributed by atoms with E-state index in [9.17, 15) is 47.9 Å². The van der Waals surface area contributed by atoms with Crippen molar-refractivity contribution >= 4 is 86.8 Å². The number of carbonyl (C=O) groups is 10. The number of hydrogen-bond donors (Lipinski definition) is 0. The molecule has 3 aliphatic carbocycles. The van der Waals surface area contributed by atoms with Gasteiger partial charge in [-0.15, -0.1) is 0 Å². The van der Waals surface area contributed by atoms with Gasteiger partial charge in [0.2, 0.25) is 28.9 Å². The standard InChI is InChI=1S/C14H9NO4.C14H8NO4.C9H3Cl2NO2.C5H8O2/c1-6(16)9-7(2)19-14-10(9)13(18)11-8(12(14)17)4-3-5-15-11;1-6(16)9-7(2)19-14-10(9)12(17)8-4-3-5-15-11(8)13(14)18;10-5-6(11)9(14)7-4(8(5)13)2-1-3-12-7;1-4(6)3-5(2)7/h3-5H,1-2H3;3-5H,2H2,1H3;1-3H;3H2,1-2H3/q;+1;;. The lowest BCUT2D eigenvalue weighted by Crippen LogP contribution is -2.31. The Labute approximate surface area is 343 Å². The largest absolute Gasteiger partial charge is 0.456 e. The highest BCUT2D eigenvalue weighted by molar-refractivity contribution is 6.61. The number of furan rings is 1. The van der Waals surface area contributed by atoms with Gasteiger partial charge in [0.15, 0.2) is 22.9 Å². The molecule has 4 aromatic heterocycles. The Morgan fingerprint density at radius 2 is 1.10 bits per heavy atom. The van der Waals surface area contributed by atoms with Gasteiger partial charge in [0.25, 0.3) is 0 Å². The van der Waals surface area contributed by atoms with Crippen molar-refractivity contribution in [2.75, 3.05) is 0 Å². The number of rotatable bonds is 4. The Morgan fingerprint density at radius 3 is 1.58 bits per heavy atom. The van der Waals surface area contributed by atoms with Gasteiger partial charge in [-0.2, -0.15) is 0 Å². The predicted molar refractivity (Wildman–Crippen MR) is 207 cm³/mol. The van der Waals surface area contributed by atoms with Gasteiger partial charge in [-0.3, -0.25) is 62.9 Å². The third-order valence-electron chi connectivity index (χ3n) is 8.53. The second-order valence-electron chi connectivity index (χ2n) is 12.8. The number of halogens is 2. The number of pyridine rings is 3. The van der Waals surface area contributed by atoms with Crippen LogP contribution >= 0.6 is 23.2 Å². The van der Waals surface area contributed by atoms with E-state index < -0.39 is 34.7 Å². The summed E-state index contributed by atoms with van der Waals surface area (Å²) < 4.78 is 10.5. The molecular weight excluding hydrogens is 809 g/mol. The third-order valence-corrected chi connectivity index (χ3v) is 9.35. The van der Waals surface area contributed by atoms with Gasteiger partial charge in [0.05, 0.1) is 34.2 Å². The van der Waals surface area contributed by atoms with Crippen LogP contribution in [0.2, 0.25) is 0 Å². The zero-order valence-corrected chi connectivity index (χ0v) is 33.1. The molecule has 8 rings (SSSR count). The first kappa shape index (κ1) is 43.0. The second kappa shape index (κ2) is 17.2. The first-order valence-corrected chi connectivity index (χ1v) is 17.9. The van der Waals surface area contributed by atoms with Crippen LogP contribution < -0.4 is 0 Å². The minimum Gasteiger partial charge on any atom is -0.456 e. The number of ketones is 11. The lowest BCUT2D eigenvalue weighted by atomic mass is 9.85. The summed E-state index contributed by atoms with van der Waals surface area (Å²) in [6.45, 7) is 10.6. The molecule has 0 radical (unpaired) electrons. The molecule has 0 bridgehead atoms. The van der Waals surface area contributed by atoms with E-state index in [4.69, 9.17) is 32.0 Å². The third kappa shape index (κ3) is 8.19. The lowest BCUT2D eigenvalue weighted by molar-refractivity contribution is -0.385. The summed E-state index contributed by atoms with van der Waals surface area (Å²) in [6, 6.07) is 9.23. The molecule has 0 atom stereocenters. The molecule has 0 N–H and O–H groups in total. The van der Waals surface area contributed by atoms with E-state index >= 15 is 0 Å². The van der Waals surface area contributed by atoms with Crippen LogP contribution in [0.4, 0.5) is 0 Å².